The minimum Gasteiger partial charge on any atom is -0.496 e. The molecule has 17 heavy (non-hydrogen) atoms. The molecule has 5 heteroatoms. The second kappa shape index (κ2) is 5.52. The van der Waals surface area contributed by atoms with Gasteiger partial charge in [-0.1, -0.05) is 6.92 Å². The van der Waals surface area contributed by atoms with E-state index in [1.165, 1.54) is 26.4 Å². The van der Waals surface area contributed by atoms with Crippen LogP contribution in [-0.4, -0.2) is 25.3 Å². The van der Waals surface area contributed by atoms with Crippen LogP contribution in [0.2, 0.25) is 0 Å². The number of ether oxygens (including phenoxy) is 2. The summed E-state index contributed by atoms with van der Waals surface area (Å²) in [6, 6.07) is 2.43. The van der Waals surface area contributed by atoms with Crippen molar-refractivity contribution in [3.8, 4) is 11.5 Å². The first-order valence-electron chi connectivity index (χ1n) is 5.12. The lowest BCUT2D eigenvalue weighted by atomic mass is 9.99. The molecule has 0 saturated carbocycles. The van der Waals surface area contributed by atoms with Gasteiger partial charge in [0.25, 0.3) is 0 Å². The number of hydrogen-bond acceptors (Lipinski definition) is 3. The van der Waals surface area contributed by atoms with Gasteiger partial charge in [0.2, 0.25) is 0 Å². The highest BCUT2D eigenvalue weighted by atomic mass is 19.1. The van der Waals surface area contributed by atoms with Crippen LogP contribution in [0.15, 0.2) is 12.1 Å². The Morgan fingerprint density at radius 3 is 2.18 bits per heavy atom. The van der Waals surface area contributed by atoms with Gasteiger partial charge in [0, 0.05) is 17.7 Å². The fraction of sp³-hybridized carbons (Fsp3) is 0.417. The summed E-state index contributed by atoms with van der Waals surface area (Å²) in [6.45, 7) is 1.57. The summed E-state index contributed by atoms with van der Waals surface area (Å²) in [4.78, 5) is 10.8. The maximum absolute atomic E-state index is 13.2. The number of hydrogen-bond donors (Lipinski definition) is 1. The Morgan fingerprint density at radius 2 is 1.82 bits per heavy atom. The van der Waals surface area contributed by atoms with Gasteiger partial charge in [-0.2, -0.15) is 0 Å². The smallest absolute Gasteiger partial charge is 0.306 e. The summed E-state index contributed by atoms with van der Waals surface area (Å²) < 4.78 is 23.3. The third-order valence-corrected chi connectivity index (χ3v) is 2.50. The fourth-order valence-electron chi connectivity index (χ4n) is 1.55. The van der Waals surface area contributed by atoms with E-state index in [9.17, 15) is 9.18 Å². The molecule has 94 valence electrons. The van der Waals surface area contributed by atoms with Gasteiger partial charge in [0.05, 0.1) is 20.1 Å². The van der Waals surface area contributed by atoms with Crippen LogP contribution in [0, 0.1) is 11.7 Å². The lowest BCUT2D eigenvalue weighted by Crippen LogP contribution is -2.13. The van der Waals surface area contributed by atoms with Crippen LogP contribution >= 0.6 is 0 Å². The predicted octanol–water partition coefficient (Wildman–Crippen LogP) is 2.11. The van der Waals surface area contributed by atoms with Crippen molar-refractivity contribution in [3.05, 3.63) is 23.5 Å². The Bertz CT molecular complexity index is 392. The zero-order valence-corrected chi connectivity index (χ0v) is 9.99. The van der Waals surface area contributed by atoms with Crippen molar-refractivity contribution in [1.29, 1.82) is 0 Å². The lowest BCUT2D eigenvalue weighted by Gasteiger charge is -2.15. The monoisotopic (exact) mass is 242 g/mol. The van der Waals surface area contributed by atoms with E-state index in [0.29, 0.717) is 17.1 Å². The maximum Gasteiger partial charge on any atom is 0.306 e. The van der Waals surface area contributed by atoms with Crippen LogP contribution < -0.4 is 9.47 Å². The zero-order valence-electron chi connectivity index (χ0n) is 9.99. The average molecular weight is 242 g/mol. The van der Waals surface area contributed by atoms with Crippen LogP contribution in [-0.2, 0) is 11.2 Å². The first kappa shape index (κ1) is 13.3. The molecule has 0 aliphatic heterocycles. The van der Waals surface area contributed by atoms with Crippen molar-refractivity contribution in [2.75, 3.05) is 14.2 Å². The topological polar surface area (TPSA) is 55.8 Å². The van der Waals surface area contributed by atoms with Crippen LogP contribution in [0.25, 0.3) is 0 Å². The van der Waals surface area contributed by atoms with Gasteiger partial charge in [0.15, 0.2) is 0 Å². The quantitative estimate of drug-likeness (QED) is 0.859. The molecular formula is C12H15FO4. The van der Waals surface area contributed by atoms with Gasteiger partial charge in [-0.3, -0.25) is 4.79 Å². The van der Waals surface area contributed by atoms with E-state index in [4.69, 9.17) is 14.6 Å². The van der Waals surface area contributed by atoms with E-state index >= 15 is 0 Å². The average Bonchev–Trinajstić information content (AvgIpc) is 2.30. The molecule has 0 saturated heterocycles. The highest BCUT2D eigenvalue weighted by Gasteiger charge is 2.19. The summed E-state index contributed by atoms with van der Waals surface area (Å²) in [5.74, 6) is -1.39. The molecule has 1 aromatic carbocycles. The normalized spacial score (nSPS) is 12.0. The van der Waals surface area contributed by atoms with Gasteiger partial charge in [-0.25, -0.2) is 4.39 Å². The first-order chi connectivity index (χ1) is 7.99. The van der Waals surface area contributed by atoms with Crippen LogP contribution in [0.5, 0.6) is 11.5 Å². The van der Waals surface area contributed by atoms with Crippen molar-refractivity contribution in [3.63, 3.8) is 0 Å². The van der Waals surface area contributed by atoms with Gasteiger partial charge < -0.3 is 14.6 Å². The summed E-state index contributed by atoms with van der Waals surface area (Å²) in [6.07, 6.45) is 0.224. The SMILES string of the molecule is COc1cc(F)cc(OC)c1CC(C)C(=O)O. The maximum atomic E-state index is 13.2. The van der Waals surface area contributed by atoms with Crippen molar-refractivity contribution in [1.82, 2.24) is 0 Å². The predicted molar refractivity (Wildman–Crippen MR) is 60.0 cm³/mol. The van der Waals surface area contributed by atoms with E-state index < -0.39 is 17.7 Å². The lowest BCUT2D eigenvalue weighted by molar-refractivity contribution is -0.141. The van der Waals surface area contributed by atoms with Crippen molar-refractivity contribution in [2.24, 2.45) is 5.92 Å². The van der Waals surface area contributed by atoms with Gasteiger partial charge in [0.1, 0.15) is 17.3 Å². The molecule has 0 amide bonds. The number of carbonyl (C=O) groups is 1. The molecule has 0 spiro atoms. The summed E-state index contributed by atoms with van der Waals surface area (Å²) in [5.41, 5.74) is 0.561. The fourth-order valence-corrected chi connectivity index (χ4v) is 1.55. The minimum absolute atomic E-state index is 0.224. The van der Waals surface area contributed by atoms with Crippen LogP contribution in [0.3, 0.4) is 0 Å². The largest absolute Gasteiger partial charge is 0.496 e. The Balaban J connectivity index is 3.15. The number of benzene rings is 1. The molecule has 0 fully saturated rings. The Morgan fingerprint density at radius 1 is 1.35 bits per heavy atom. The van der Waals surface area contributed by atoms with Crippen LogP contribution in [0.4, 0.5) is 4.39 Å². The molecule has 1 N–H and O–H groups in total. The Hall–Kier alpha value is -1.78. The Kier molecular flexibility index (Phi) is 4.31. The van der Waals surface area contributed by atoms with Crippen molar-refractivity contribution < 1.29 is 23.8 Å². The number of rotatable bonds is 5. The Labute approximate surface area is 99.0 Å². The highest BCUT2D eigenvalue weighted by Crippen LogP contribution is 2.32. The van der Waals surface area contributed by atoms with Crippen LogP contribution in [0.1, 0.15) is 12.5 Å². The molecule has 1 unspecified atom stereocenters. The molecule has 1 atom stereocenters. The van der Waals surface area contributed by atoms with E-state index in [0.717, 1.165) is 0 Å². The van der Waals surface area contributed by atoms with E-state index in [1.54, 1.807) is 6.92 Å². The van der Waals surface area contributed by atoms with Gasteiger partial charge in [-0.15, -0.1) is 0 Å². The van der Waals surface area contributed by atoms with E-state index in [1.807, 2.05) is 0 Å². The molecule has 0 aliphatic carbocycles. The molecule has 0 heterocycles. The summed E-state index contributed by atoms with van der Waals surface area (Å²) >= 11 is 0. The van der Waals surface area contributed by atoms with E-state index in [2.05, 4.69) is 0 Å². The molecular weight excluding hydrogens is 227 g/mol. The molecule has 1 aromatic rings. The van der Waals surface area contributed by atoms with Gasteiger partial charge in [-0.05, 0) is 6.42 Å². The number of halogens is 1. The molecule has 0 radical (unpaired) electrons. The summed E-state index contributed by atoms with van der Waals surface area (Å²) in [5, 5.41) is 8.87. The molecule has 0 bridgehead atoms. The first-order valence-corrected chi connectivity index (χ1v) is 5.12. The second-order valence-electron chi connectivity index (χ2n) is 3.73. The number of carboxylic acid groups (broad SMARTS) is 1. The highest BCUT2D eigenvalue weighted by molar-refractivity contribution is 5.70. The molecule has 0 aromatic heterocycles. The third kappa shape index (κ3) is 3.09. The molecule has 1 rings (SSSR count). The second-order valence-corrected chi connectivity index (χ2v) is 3.73. The van der Waals surface area contributed by atoms with Gasteiger partial charge >= 0.3 is 5.97 Å². The van der Waals surface area contributed by atoms with Crippen molar-refractivity contribution in [2.45, 2.75) is 13.3 Å². The zero-order chi connectivity index (χ0) is 13.0. The standard InChI is InChI=1S/C12H15FO4/c1-7(12(14)15)4-9-10(16-2)5-8(13)6-11(9)17-3/h5-7H,4H2,1-3H3,(H,14,15). The molecule has 4 nitrogen and oxygen atoms in total. The molecule has 0 aliphatic rings. The minimum atomic E-state index is -0.918. The number of aliphatic carboxylic acids is 1. The number of carboxylic acids is 1. The van der Waals surface area contributed by atoms with Crippen molar-refractivity contribution >= 4 is 5.97 Å². The number of methoxy groups -OCH3 is 2. The third-order valence-electron chi connectivity index (χ3n) is 2.50. The van der Waals surface area contributed by atoms with E-state index in [-0.39, 0.29) is 6.42 Å². The summed E-state index contributed by atoms with van der Waals surface area (Å²) in [7, 11) is 2.81.